The molecule has 0 aliphatic heterocycles. The van der Waals surface area contributed by atoms with E-state index in [-0.39, 0.29) is 0 Å². The lowest BCUT2D eigenvalue weighted by molar-refractivity contribution is -0.140. The second-order valence-electron chi connectivity index (χ2n) is 3.03. The summed E-state index contributed by atoms with van der Waals surface area (Å²) in [5, 5.41) is 9.57. The molecule has 2 rings (SSSR count). The number of carboxylic acids is 1. The number of aromatic nitrogens is 2. The molecule has 0 bridgehead atoms. The Labute approximate surface area is 73.4 Å². The highest BCUT2D eigenvalue weighted by atomic mass is 32.1. The van der Waals surface area contributed by atoms with Crippen molar-refractivity contribution in [2.24, 2.45) is 0 Å². The van der Waals surface area contributed by atoms with E-state index < -0.39 is 11.4 Å². The SMILES string of the molecule is Cc1nsc(C2(C(=O)O)CC2)n1. The van der Waals surface area contributed by atoms with Crippen molar-refractivity contribution in [3.63, 3.8) is 0 Å². The van der Waals surface area contributed by atoms with Gasteiger partial charge in [0.2, 0.25) is 0 Å². The van der Waals surface area contributed by atoms with Crippen LogP contribution in [0.3, 0.4) is 0 Å². The Morgan fingerprint density at radius 2 is 2.33 bits per heavy atom. The molecule has 1 aliphatic carbocycles. The third kappa shape index (κ3) is 0.929. The first-order chi connectivity index (χ1) is 5.65. The minimum Gasteiger partial charge on any atom is -0.481 e. The molecule has 4 nitrogen and oxygen atoms in total. The van der Waals surface area contributed by atoms with Crippen LogP contribution >= 0.6 is 11.5 Å². The van der Waals surface area contributed by atoms with Gasteiger partial charge >= 0.3 is 5.97 Å². The van der Waals surface area contributed by atoms with Crippen LogP contribution in [0, 0.1) is 6.92 Å². The van der Waals surface area contributed by atoms with Crippen molar-refractivity contribution < 1.29 is 9.90 Å². The number of carboxylic acid groups (broad SMARTS) is 1. The predicted octanol–water partition coefficient (Wildman–Crippen LogP) is 0.963. The lowest BCUT2D eigenvalue weighted by Gasteiger charge is -2.02. The Balaban J connectivity index is 2.36. The van der Waals surface area contributed by atoms with Gasteiger partial charge in [-0.05, 0) is 31.3 Å². The molecule has 1 N–H and O–H groups in total. The molecule has 64 valence electrons. The van der Waals surface area contributed by atoms with Crippen LogP contribution in [-0.2, 0) is 10.2 Å². The lowest BCUT2D eigenvalue weighted by atomic mass is 10.1. The van der Waals surface area contributed by atoms with Crippen LogP contribution in [0.5, 0.6) is 0 Å². The van der Waals surface area contributed by atoms with Crippen molar-refractivity contribution in [1.82, 2.24) is 9.36 Å². The maximum absolute atomic E-state index is 10.8. The summed E-state index contributed by atoms with van der Waals surface area (Å²) in [6.07, 6.45) is 1.41. The topological polar surface area (TPSA) is 63.1 Å². The van der Waals surface area contributed by atoms with E-state index in [1.165, 1.54) is 11.5 Å². The fourth-order valence-electron chi connectivity index (χ4n) is 1.14. The molecule has 0 unspecified atom stereocenters. The highest BCUT2D eigenvalue weighted by molar-refractivity contribution is 7.05. The molecule has 12 heavy (non-hydrogen) atoms. The minimum absolute atomic E-state index is 0.660. The molecule has 1 aromatic rings. The van der Waals surface area contributed by atoms with Crippen LogP contribution in [0.25, 0.3) is 0 Å². The first-order valence-corrected chi connectivity index (χ1v) is 4.47. The summed E-state index contributed by atoms with van der Waals surface area (Å²) in [4.78, 5) is 14.9. The van der Waals surface area contributed by atoms with Gasteiger partial charge in [-0.2, -0.15) is 4.37 Å². The summed E-state index contributed by atoms with van der Waals surface area (Å²) in [5.74, 6) is -0.0961. The third-order valence-electron chi connectivity index (χ3n) is 2.10. The number of aliphatic carboxylic acids is 1. The fourth-order valence-corrected chi connectivity index (χ4v) is 2.03. The van der Waals surface area contributed by atoms with E-state index in [1.54, 1.807) is 6.92 Å². The highest BCUT2D eigenvalue weighted by Crippen LogP contribution is 2.48. The quantitative estimate of drug-likeness (QED) is 0.743. The van der Waals surface area contributed by atoms with Gasteiger partial charge in [0, 0.05) is 0 Å². The van der Waals surface area contributed by atoms with Gasteiger partial charge in [0.05, 0.1) is 0 Å². The van der Waals surface area contributed by atoms with E-state index in [0.717, 1.165) is 0 Å². The first-order valence-electron chi connectivity index (χ1n) is 3.69. The van der Waals surface area contributed by atoms with Gasteiger partial charge in [-0.15, -0.1) is 0 Å². The largest absolute Gasteiger partial charge is 0.481 e. The van der Waals surface area contributed by atoms with Gasteiger partial charge in [-0.1, -0.05) is 0 Å². The van der Waals surface area contributed by atoms with Crippen molar-refractivity contribution in [1.29, 1.82) is 0 Å². The summed E-state index contributed by atoms with van der Waals surface area (Å²) in [6, 6.07) is 0. The maximum atomic E-state index is 10.8. The van der Waals surface area contributed by atoms with Crippen molar-refractivity contribution in [3.05, 3.63) is 10.8 Å². The van der Waals surface area contributed by atoms with Crippen LogP contribution < -0.4 is 0 Å². The minimum atomic E-state index is -0.765. The standard InChI is InChI=1S/C7H8N2O2S/c1-4-8-5(12-9-4)7(2-3-7)6(10)11/h2-3H2,1H3,(H,10,11). The Hall–Kier alpha value is -0.970. The molecule has 1 fully saturated rings. The van der Waals surface area contributed by atoms with E-state index in [4.69, 9.17) is 5.11 Å². The van der Waals surface area contributed by atoms with Gasteiger partial charge < -0.3 is 5.11 Å². The molecule has 5 heteroatoms. The predicted molar refractivity (Wildman–Crippen MR) is 43.2 cm³/mol. The zero-order chi connectivity index (χ0) is 8.77. The molecule has 0 atom stereocenters. The molecular weight excluding hydrogens is 176 g/mol. The smallest absolute Gasteiger partial charge is 0.316 e. The van der Waals surface area contributed by atoms with Gasteiger partial charge in [0.25, 0.3) is 0 Å². The summed E-state index contributed by atoms with van der Waals surface area (Å²) < 4.78 is 3.97. The average Bonchev–Trinajstić information content (AvgIpc) is 2.71. The van der Waals surface area contributed by atoms with E-state index >= 15 is 0 Å². The van der Waals surface area contributed by atoms with Crippen LogP contribution in [-0.4, -0.2) is 20.4 Å². The Kier molecular flexibility index (Phi) is 1.44. The number of hydrogen-bond acceptors (Lipinski definition) is 4. The zero-order valence-corrected chi connectivity index (χ0v) is 7.39. The number of nitrogens with zero attached hydrogens (tertiary/aromatic N) is 2. The van der Waals surface area contributed by atoms with Crippen LogP contribution in [0.15, 0.2) is 0 Å². The van der Waals surface area contributed by atoms with Crippen molar-refractivity contribution in [2.75, 3.05) is 0 Å². The van der Waals surface area contributed by atoms with Crippen molar-refractivity contribution in [3.8, 4) is 0 Å². The zero-order valence-electron chi connectivity index (χ0n) is 6.57. The van der Waals surface area contributed by atoms with Crippen LogP contribution in [0.2, 0.25) is 0 Å². The molecule has 1 aliphatic rings. The molecule has 1 saturated carbocycles. The molecule has 0 saturated heterocycles. The molecule has 0 spiro atoms. The summed E-state index contributed by atoms with van der Waals surface area (Å²) in [6.45, 7) is 1.78. The molecule has 0 radical (unpaired) electrons. The monoisotopic (exact) mass is 184 g/mol. The van der Waals surface area contributed by atoms with Crippen molar-refractivity contribution >= 4 is 17.5 Å². The average molecular weight is 184 g/mol. The summed E-state index contributed by atoms with van der Waals surface area (Å²) in [5.41, 5.74) is -0.675. The Bertz CT molecular complexity index is 330. The van der Waals surface area contributed by atoms with E-state index in [2.05, 4.69) is 9.36 Å². The van der Waals surface area contributed by atoms with E-state index in [9.17, 15) is 4.79 Å². The van der Waals surface area contributed by atoms with Gasteiger partial charge in [0.15, 0.2) is 0 Å². The van der Waals surface area contributed by atoms with E-state index in [0.29, 0.717) is 23.7 Å². The molecule has 1 heterocycles. The fraction of sp³-hybridized carbons (Fsp3) is 0.571. The number of hydrogen-bond donors (Lipinski definition) is 1. The van der Waals surface area contributed by atoms with Crippen LogP contribution in [0.1, 0.15) is 23.7 Å². The number of aryl methyl sites for hydroxylation is 1. The van der Waals surface area contributed by atoms with Crippen LogP contribution in [0.4, 0.5) is 0 Å². The van der Waals surface area contributed by atoms with Gasteiger partial charge in [-0.25, -0.2) is 4.98 Å². The normalized spacial score (nSPS) is 19.1. The van der Waals surface area contributed by atoms with Gasteiger partial charge in [-0.3, -0.25) is 4.79 Å². The Morgan fingerprint density at radius 3 is 2.67 bits per heavy atom. The second-order valence-corrected chi connectivity index (χ2v) is 3.79. The number of carbonyl (C=O) groups is 1. The van der Waals surface area contributed by atoms with Gasteiger partial charge in [0.1, 0.15) is 16.2 Å². The molecule has 1 aromatic heterocycles. The third-order valence-corrected chi connectivity index (χ3v) is 3.11. The summed E-state index contributed by atoms with van der Waals surface area (Å²) >= 11 is 1.21. The second kappa shape index (κ2) is 2.26. The Morgan fingerprint density at radius 1 is 1.67 bits per heavy atom. The molecule has 0 amide bonds. The first kappa shape index (κ1) is 7.67. The summed E-state index contributed by atoms with van der Waals surface area (Å²) in [7, 11) is 0. The highest BCUT2D eigenvalue weighted by Gasteiger charge is 2.54. The lowest BCUT2D eigenvalue weighted by Crippen LogP contribution is -2.19. The maximum Gasteiger partial charge on any atom is 0.316 e. The van der Waals surface area contributed by atoms with E-state index in [1.807, 2.05) is 0 Å². The molecular formula is C7H8N2O2S. The van der Waals surface area contributed by atoms with Crippen molar-refractivity contribution in [2.45, 2.75) is 25.2 Å². The molecule has 0 aromatic carbocycles. The number of rotatable bonds is 2.